The summed E-state index contributed by atoms with van der Waals surface area (Å²) < 4.78 is 91.6. The topological polar surface area (TPSA) is 85.9 Å². The highest BCUT2D eigenvalue weighted by Gasteiger charge is 2.39. The van der Waals surface area contributed by atoms with Crippen LogP contribution in [-0.4, -0.2) is 43.9 Å². The van der Waals surface area contributed by atoms with Crippen molar-refractivity contribution in [2.45, 2.75) is 37.0 Å². The van der Waals surface area contributed by atoms with Crippen molar-refractivity contribution in [3.63, 3.8) is 0 Å². The number of carbonyl (C=O) groups excluding carboxylic acids is 2. The van der Waals surface area contributed by atoms with Gasteiger partial charge in [-0.3, -0.25) is 0 Å². The van der Waals surface area contributed by atoms with Gasteiger partial charge in [-0.05, 0) is 47.4 Å². The quantitative estimate of drug-likeness (QED) is 0.253. The molecule has 0 spiro atoms. The van der Waals surface area contributed by atoms with Crippen LogP contribution in [0.15, 0.2) is 78.9 Å². The van der Waals surface area contributed by atoms with E-state index in [0.29, 0.717) is 5.56 Å². The van der Waals surface area contributed by atoms with Crippen LogP contribution in [0.5, 0.6) is 11.5 Å². The first-order valence-corrected chi connectivity index (χ1v) is 12.3. The summed E-state index contributed by atoms with van der Waals surface area (Å²) in [6.07, 6.45) is -9.73. The van der Waals surface area contributed by atoms with Gasteiger partial charge in [-0.25, -0.2) is 9.59 Å². The normalized spacial score (nSPS) is 15.7. The number of urea groups is 1. The molecule has 1 saturated heterocycles. The van der Waals surface area contributed by atoms with Crippen molar-refractivity contribution in [2.24, 2.45) is 0 Å². The molecule has 1 atom stereocenters. The molecule has 1 aliphatic heterocycles. The van der Waals surface area contributed by atoms with E-state index in [2.05, 4.69) is 20.1 Å². The molecule has 1 aliphatic rings. The van der Waals surface area contributed by atoms with Crippen molar-refractivity contribution in [1.82, 2.24) is 10.6 Å². The smallest absolute Gasteiger partial charge is 0.464 e. The lowest BCUT2D eigenvalue weighted by molar-refractivity contribution is -0.275. The number of carbonyl (C=O) groups is 2. The summed E-state index contributed by atoms with van der Waals surface area (Å²) in [6.45, 7) is -0.180. The highest BCUT2D eigenvalue weighted by Crippen LogP contribution is 2.39. The lowest BCUT2D eigenvalue weighted by Gasteiger charge is -2.36. The second kappa shape index (κ2) is 12.0. The van der Waals surface area contributed by atoms with Crippen LogP contribution >= 0.6 is 0 Å². The van der Waals surface area contributed by atoms with Gasteiger partial charge in [0, 0.05) is 18.4 Å². The standard InChI is InChI=1S/C28H24F6N2O5/c29-27(30,31)40-21-10-4-8-19(14-21)26(16-18-6-2-1-3-7-18,17-35-25(38)36-23-12-13-39-24(23)37)20-9-5-11-22(15-20)41-28(32,33)34/h1-11,14-15,23H,12-13,16-17H2,(H2,35,36,38). The number of cyclic esters (lactones) is 1. The maximum atomic E-state index is 13.1. The van der Waals surface area contributed by atoms with Gasteiger partial charge in [0.15, 0.2) is 0 Å². The minimum atomic E-state index is -5.00. The van der Waals surface area contributed by atoms with Gasteiger partial charge < -0.3 is 24.8 Å². The highest BCUT2D eigenvalue weighted by atomic mass is 19.4. The maximum absolute atomic E-state index is 13.1. The van der Waals surface area contributed by atoms with Crippen molar-refractivity contribution in [1.29, 1.82) is 0 Å². The first kappa shape index (κ1) is 29.6. The third kappa shape index (κ3) is 8.05. The van der Waals surface area contributed by atoms with E-state index < -0.39 is 47.7 Å². The number of nitrogens with one attached hydrogen (secondary N) is 2. The van der Waals surface area contributed by atoms with Crippen LogP contribution in [-0.2, 0) is 21.4 Å². The Morgan fingerprint density at radius 3 is 1.88 bits per heavy atom. The number of benzene rings is 3. The Morgan fingerprint density at radius 1 is 0.829 bits per heavy atom. The van der Waals surface area contributed by atoms with Gasteiger partial charge in [-0.1, -0.05) is 54.6 Å². The van der Waals surface area contributed by atoms with Gasteiger partial charge >= 0.3 is 24.7 Å². The molecule has 41 heavy (non-hydrogen) atoms. The predicted molar refractivity (Wildman–Crippen MR) is 133 cm³/mol. The monoisotopic (exact) mass is 582 g/mol. The summed E-state index contributed by atoms with van der Waals surface area (Å²) in [7, 11) is 0. The first-order chi connectivity index (χ1) is 19.3. The fourth-order valence-electron chi connectivity index (χ4n) is 4.63. The van der Waals surface area contributed by atoms with E-state index in [1.165, 1.54) is 24.3 Å². The fourth-order valence-corrected chi connectivity index (χ4v) is 4.63. The van der Waals surface area contributed by atoms with Crippen molar-refractivity contribution in [2.75, 3.05) is 13.2 Å². The summed E-state index contributed by atoms with van der Waals surface area (Å²) in [4.78, 5) is 24.7. The van der Waals surface area contributed by atoms with Crippen molar-refractivity contribution >= 4 is 12.0 Å². The zero-order chi connectivity index (χ0) is 29.7. The molecule has 0 aliphatic carbocycles. The van der Waals surface area contributed by atoms with Gasteiger partial charge in [0.2, 0.25) is 0 Å². The number of hydrogen-bond donors (Lipinski definition) is 2. The van der Waals surface area contributed by atoms with Crippen LogP contribution in [0.3, 0.4) is 0 Å². The van der Waals surface area contributed by atoms with E-state index in [9.17, 15) is 35.9 Å². The first-order valence-electron chi connectivity index (χ1n) is 12.3. The molecular weight excluding hydrogens is 558 g/mol. The molecular formula is C28H24F6N2O5. The molecule has 0 radical (unpaired) electrons. The maximum Gasteiger partial charge on any atom is 0.573 e. The third-order valence-corrected chi connectivity index (χ3v) is 6.38. The summed E-state index contributed by atoms with van der Waals surface area (Å²) >= 11 is 0. The average molecular weight is 582 g/mol. The van der Waals surface area contributed by atoms with Crippen LogP contribution in [0.4, 0.5) is 31.1 Å². The number of halogens is 6. The minimum Gasteiger partial charge on any atom is -0.464 e. The molecule has 2 N–H and O–H groups in total. The Kier molecular flexibility index (Phi) is 8.64. The molecule has 3 aromatic rings. The largest absolute Gasteiger partial charge is 0.573 e. The molecule has 1 heterocycles. The van der Waals surface area contributed by atoms with Crippen molar-refractivity contribution in [3.05, 3.63) is 95.6 Å². The molecule has 3 aromatic carbocycles. The lowest BCUT2D eigenvalue weighted by Crippen LogP contribution is -2.49. The zero-order valence-corrected chi connectivity index (χ0v) is 21.2. The molecule has 2 amide bonds. The molecule has 7 nitrogen and oxygen atoms in total. The van der Waals surface area contributed by atoms with E-state index in [1.54, 1.807) is 30.3 Å². The Balaban J connectivity index is 1.81. The Hall–Kier alpha value is -4.42. The van der Waals surface area contributed by atoms with E-state index >= 15 is 0 Å². The average Bonchev–Trinajstić information content (AvgIpc) is 3.29. The second-order valence-electron chi connectivity index (χ2n) is 9.23. The summed E-state index contributed by atoms with van der Waals surface area (Å²) in [5.41, 5.74) is -0.371. The lowest BCUT2D eigenvalue weighted by atomic mass is 9.70. The molecule has 0 aromatic heterocycles. The molecule has 218 valence electrons. The van der Waals surface area contributed by atoms with Crippen LogP contribution < -0.4 is 20.1 Å². The van der Waals surface area contributed by atoms with E-state index in [4.69, 9.17) is 4.74 Å². The van der Waals surface area contributed by atoms with E-state index in [1.807, 2.05) is 0 Å². The fraction of sp³-hybridized carbons (Fsp3) is 0.286. The molecule has 13 heteroatoms. The summed E-state index contributed by atoms with van der Waals surface area (Å²) in [5.74, 6) is -1.74. The molecule has 1 unspecified atom stereocenters. The number of rotatable bonds is 9. The van der Waals surface area contributed by atoms with Crippen molar-refractivity contribution in [3.8, 4) is 11.5 Å². The minimum absolute atomic E-state index is 0.0323. The number of alkyl halides is 6. The predicted octanol–water partition coefficient (Wildman–Crippen LogP) is 5.63. The summed E-state index contributed by atoms with van der Waals surface area (Å²) in [6, 6.07) is 16.9. The number of ether oxygens (including phenoxy) is 3. The van der Waals surface area contributed by atoms with Gasteiger partial charge in [0.1, 0.15) is 17.5 Å². The SMILES string of the molecule is O=C(NCC(Cc1ccccc1)(c1cccc(OC(F)(F)F)c1)c1cccc(OC(F)(F)F)c1)NC1CCOC1=O. The highest BCUT2D eigenvalue weighted by molar-refractivity contribution is 5.84. The Bertz CT molecular complexity index is 1300. The number of amides is 2. The molecule has 1 fully saturated rings. The number of esters is 1. The van der Waals surface area contributed by atoms with Crippen LogP contribution in [0, 0.1) is 0 Å². The molecule has 0 bridgehead atoms. The molecule has 4 rings (SSSR count). The van der Waals surface area contributed by atoms with E-state index in [-0.39, 0.29) is 37.1 Å². The van der Waals surface area contributed by atoms with Crippen LogP contribution in [0.25, 0.3) is 0 Å². The zero-order valence-electron chi connectivity index (χ0n) is 21.2. The Morgan fingerprint density at radius 2 is 1.39 bits per heavy atom. The van der Waals surface area contributed by atoms with Gasteiger partial charge in [-0.2, -0.15) is 0 Å². The van der Waals surface area contributed by atoms with E-state index in [0.717, 1.165) is 24.3 Å². The van der Waals surface area contributed by atoms with Crippen molar-refractivity contribution < 1.29 is 50.1 Å². The van der Waals surface area contributed by atoms with Crippen LogP contribution in [0.2, 0.25) is 0 Å². The van der Waals surface area contributed by atoms with Gasteiger partial charge in [0.05, 0.1) is 6.61 Å². The summed E-state index contributed by atoms with van der Waals surface area (Å²) in [5, 5.41) is 5.12. The van der Waals surface area contributed by atoms with Crippen LogP contribution in [0.1, 0.15) is 23.1 Å². The number of hydrogen-bond acceptors (Lipinski definition) is 5. The van der Waals surface area contributed by atoms with Gasteiger partial charge in [0.25, 0.3) is 0 Å². The van der Waals surface area contributed by atoms with Gasteiger partial charge in [-0.15, -0.1) is 26.3 Å². The third-order valence-electron chi connectivity index (χ3n) is 6.38. The Labute approximate surface area is 230 Å². The second-order valence-corrected chi connectivity index (χ2v) is 9.23. The molecule has 0 saturated carbocycles.